The van der Waals surface area contributed by atoms with Crippen LogP contribution in [0.4, 0.5) is 0 Å². The quantitative estimate of drug-likeness (QED) is 0.473. The predicted octanol–water partition coefficient (Wildman–Crippen LogP) is 0.265. The molecule has 0 aliphatic rings. The highest BCUT2D eigenvalue weighted by atomic mass is 32.1. The summed E-state index contributed by atoms with van der Waals surface area (Å²) in [6.45, 7) is 2.17. The fourth-order valence-electron chi connectivity index (χ4n) is 1.47. The molecule has 2 heterocycles. The number of nitrogens with two attached hydrogens (primary N) is 1. The number of nitrogens with one attached hydrogen (secondary N) is 1. The molecular formula is C11H12N4O2S. The van der Waals surface area contributed by atoms with Crippen LogP contribution >= 0.6 is 11.3 Å². The summed E-state index contributed by atoms with van der Waals surface area (Å²) < 4.78 is 1.37. The maximum absolute atomic E-state index is 11.6. The second kappa shape index (κ2) is 5.11. The zero-order chi connectivity index (χ0) is 13.1. The Labute approximate surface area is 107 Å². The van der Waals surface area contributed by atoms with Crippen LogP contribution in [0.15, 0.2) is 29.1 Å². The van der Waals surface area contributed by atoms with Crippen molar-refractivity contribution in [3.05, 3.63) is 50.1 Å². The van der Waals surface area contributed by atoms with Gasteiger partial charge in [0.15, 0.2) is 0 Å². The second-order valence-corrected chi connectivity index (χ2v) is 4.88. The molecule has 2 rings (SSSR count). The molecule has 1 amide bonds. The number of hydrogen-bond acceptors (Lipinski definition) is 5. The monoisotopic (exact) mass is 264 g/mol. The van der Waals surface area contributed by atoms with Gasteiger partial charge in [0.2, 0.25) is 0 Å². The van der Waals surface area contributed by atoms with Crippen LogP contribution in [-0.2, 0) is 6.54 Å². The maximum Gasteiger partial charge on any atom is 0.275 e. The van der Waals surface area contributed by atoms with Crippen LogP contribution < -0.4 is 16.8 Å². The Hall–Kier alpha value is -1.99. The highest BCUT2D eigenvalue weighted by Crippen LogP contribution is 2.16. The number of aryl methyl sites for hydroxylation is 1. The molecule has 3 N–H and O–H groups in total. The van der Waals surface area contributed by atoms with Gasteiger partial charge in [0.1, 0.15) is 0 Å². The minimum absolute atomic E-state index is 0.168. The summed E-state index contributed by atoms with van der Waals surface area (Å²) in [7, 11) is 0. The van der Waals surface area contributed by atoms with Crippen molar-refractivity contribution in [2.24, 2.45) is 5.84 Å². The average Bonchev–Trinajstić information content (AvgIpc) is 2.81. The van der Waals surface area contributed by atoms with Gasteiger partial charge in [-0.05, 0) is 25.1 Å². The molecule has 0 saturated heterocycles. The van der Waals surface area contributed by atoms with E-state index in [0.717, 1.165) is 10.6 Å². The number of carbonyl (C=O) groups is 1. The number of aromatic nitrogens is 2. The minimum atomic E-state index is -0.337. The van der Waals surface area contributed by atoms with E-state index in [4.69, 9.17) is 5.84 Å². The highest BCUT2D eigenvalue weighted by Gasteiger charge is 2.08. The van der Waals surface area contributed by atoms with Crippen molar-refractivity contribution in [2.75, 3.05) is 0 Å². The second-order valence-electron chi connectivity index (χ2n) is 3.71. The zero-order valence-corrected chi connectivity index (χ0v) is 10.5. The first-order chi connectivity index (χ1) is 8.60. The zero-order valence-electron chi connectivity index (χ0n) is 9.71. The van der Waals surface area contributed by atoms with Crippen molar-refractivity contribution >= 4 is 17.2 Å². The fraction of sp³-hybridized carbons (Fsp3) is 0.182. The summed E-state index contributed by atoms with van der Waals surface area (Å²) >= 11 is 1.28. The first-order valence-electron chi connectivity index (χ1n) is 5.24. The van der Waals surface area contributed by atoms with E-state index in [1.54, 1.807) is 18.2 Å². The van der Waals surface area contributed by atoms with Crippen molar-refractivity contribution in [1.82, 2.24) is 15.2 Å². The fourth-order valence-corrected chi connectivity index (χ4v) is 2.36. The van der Waals surface area contributed by atoms with Gasteiger partial charge in [-0.1, -0.05) is 0 Å². The van der Waals surface area contributed by atoms with Gasteiger partial charge in [0.25, 0.3) is 11.5 Å². The number of carbonyl (C=O) groups excluding carboxylic acids is 1. The van der Waals surface area contributed by atoms with Crippen molar-refractivity contribution in [3.8, 4) is 0 Å². The number of thiophene rings is 1. The smallest absolute Gasteiger partial charge is 0.275 e. The lowest BCUT2D eigenvalue weighted by atomic mass is 10.4. The van der Waals surface area contributed by atoms with E-state index in [1.807, 2.05) is 6.92 Å². The molecule has 0 saturated carbocycles. The largest absolute Gasteiger partial charge is 0.289 e. The number of hydrazine groups is 1. The lowest BCUT2D eigenvalue weighted by Gasteiger charge is -2.02. The Bertz CT molecular complexity index is 632. The molecule has 0 aliphatic carbocycles. The summed E-state index contributed by atoms with van der Waals surface area (Å²) in [6.07, 6.45) is 0. The number of hydrogen-bond donors (Lipinski definition) is 2. The standard InChI is InChI=1S/C11H12N4O2S/c1-7-2-5-10(16)15(14-7)6-8-3-4-9(18-8)11(17)13-12/h2-5H,6,12H2,1H3,(H,13,17). The van der Waals surface area contributed by atoms with Crippen molar-refractivity contribution in [1.29, 1.82) is 0 Å². The Balaban J connectivity index is 2.24. The van der Waals surface area contributed by atoms with Gasteiger partial charge < -0.3 is 0 Å². The SMILES string of the molecule is Cc1ccc(=O)n(Cc2ccc(C(=O)NN)s2)n1. The maximum atomic E-state index is 11.6. The molecule has 2 aromatic heterocycles. The van der Waals surface area contributed by atoms with E-state index in [0.29, 0.717) is 11.4 Å². The molecule has 0 spiro atoms. The Kier molecular flexibility index (Phi) is 3.54. The van der Waals surface area contributed by atoms with Gasteiger partial charge in [-0.15, -0.1) is 11.3 Å². The molecular weight excluding hydrogens is 252 g/mol. The van der Waals surface area contributed by atoms with Crippen LogP contribution in [0.5, 0.6) is 0 Å². The van der Waals surface area contributed by atoms with E-state index in [9.17, 15) is 9.59 Å². The molecule has 0 aliphatic heterocycles. The Morgan fingerprint density at radius 2 is 2.22 bits per heavy atom. The van der Waals surface area contributed by atoms with E-state index in [1.165, 1.54) is 22.1 Å². The first kappa shape index (κ1) is 12.5. The molecule has 6 nitrogen and oxygen atoms in total. The van der Waals surface area contributed by atoms with E-state index in [2.05, 4.69) is 10.5 Å². The number of amides is 1. The third kappa shape index (κ3) is 2.63. The summed E-state index contributed by atoms with van der Waals surface area (Å²) in [5.41, 5.74) is 2.67. The average molecular weight is 264 g/mol. The van der Waals surface area contributed by atoms with Crippen LogP contribution in [0.1, 0.15) is 20.2 Å². The van der Waals surface area contributed by atoms with Gasteiger partial charge >= 0.3 is 0 Å². The molecule has 0 aromatic carbocycles. The highest BCUT2D eigenvalue weighted by molar-refractivity contribution is 7.14. The Morgan fingerprint density at radius 3 is 2.94 bits per heavy atom. The van der Waals surface area contributed by atoms with Crippen LogP contribution in [0.3, 0.4) is 0 Å². The van der Waals surface area contributed by atoms with Gasteiger partial charge in [-0.2, -0.15) is 5.10 Å². The molecule has 18 heavy (non-hydrogen) atoms. The number of nitrogens with zero attached hydrogens (tertiary/aromatic N) is 2. The minimum Gasteiger partial charge on any atom is -0.289 e. The van der Waals surface area contributed by atoms with Crippen molar-refractivity contribution in [3.63, 3.8) is 0 Å². The molecule has 7 heteroatoms. The van der Waals surface area contributed by atoms with E-state index < -0.39 is 0 Å². The van der Waals surface area contributed by atoms with Gasteiger partial charge in [0, 0.05) is 10.9 Å². The molecule has 94 valence electrons. The van der Waals surface area contributed by atoms with Gasteiger partial charge in [-0.3, -0.25) is 15.0 Å². The van der Waals surface area contributed by atoms with Crippen LogP contribution in [0.2, 0.25) is 0 Å². The molecule has 0 fully saturated rings. The molecule has 2 aromatic rings. The summed E-state index contributed by atoms with van der Waals surface area (Å²) in [4.78, 5) is 24.2. The molecule has 0 unspecified atom stereocenters. The Morgan fingerprint density at radius 1 is 1.44 bits per heavy atom. The van der Waals surface area contributed by atoms with Crippen LogP contribution in [-0.4, -0.2) is 15.7 Å². The topological polar surface area (TPSA) is 90.0 Å². The van der Waals surface area contributed by atoms with Crippen LogP contribution in [0, 0.1) is 6.92 Å². The van der Waals surface area contributed by atoms with Crippen molar-refractivity contribution < 1.29 is 4.79 Å². The predicted molar refractivity (Wildman–Crippen MR) is 68.3 cm³/mol. The summed E-state index contributed by atoms with van der Waals surface area (Å²) in [6, 6.07) is 6.60. The van der Waals surface area contributed by atoms with Crippen molar-refractivity contribution in [2.45, 2.75) is 13.5 Å². The van der Waals surface area contributed by atoms with Crippen LogP contribution in [0.25, 0.3) is 0 Å². The number of nitrogen functional groups attached to an aromatic ring is 1. The lowest BCUT2D eigenvalue weighted by molar-refractivity contribution is 0.0957. The molecule has 0 atom stereocenters. The third-order valence-corrected chi connectivity index (χ3v) is 3.39. The summed E-state index contributed by atoms with van der Waals surface area (Å²) in [5, 5.41) is 4.13. The third-order valence-electron chi connectivity index (χ3n) is 2.32. The summed E-state index contributed by atoms with van der Waals surface area (Å²) in [5.74, 6) is 4.71. The van der Waals surface area contributed by atoms with Gasteiger partial charge in [0.05, 0.1) is 17.1 Å². The number of rotatable bonds is 3. The van der Waals surface area contributed by atoms with E-state index >= 15 is 0 Å². The first-order valence-corrected chi connectivity index (χ1v) is 6.06. The normalized spacial score (nSPS) is 10.3. The molecule has 0 bridgehead atoms. The lowest BCUT2D eigenvalue weighted by Crippen LogP contribution is -2.29. The van der Waals surface area contributed by atoms with E-state index in [-0.39, 0.29) is 11.5 Å². The van der Waals surface area contributed by atoms with Gasteiger partial charge in [-0.25, -0.2) is 10.5 Å². The molecule has 0 radical (unpaired) electrons.